The minimum Gasteiger partial charge on any atom is -0.451 e. The Kier molecular flexibility index (Phi) is 4.60. The van der Waals surface area contributed by atoms with Gasteiger partial charge < -0.3 is 9.73 Å². The van der Waals surface area contributed by atoms with Gasteiger partial charge in [0.15, 0.2) is 5.76 Å². The van der Waals surface area contributed by atoms with Gasteiger partial charge in [-0.25, -0.2) is 4.39 Å². The number of nitrogens with zero attached hydrogens (tertiary/aromatic N) is 1. The van der Waals surface area contributed by atoms with Crippen molar-refractivity contribution in [3.8, 4) is 11.3 Å². The van der Waals surface area contributed by atoms with Gasteiger partial charge in [0.05, 0.1) is 9.95 Å². The van der Waals surface area contributed by atoms with Crippen LogP contribution in [0.25, 0.3) is 11.3 Å². The number of nitro groups is 1. The molecule has 2 aromatic carbocycles. The molecule has 0 unspecified atom stereocenters. The summed E-state index contributed by atoms with van der Waals surface area (Å²) in [7, 11) is 0. The lowest BCUT2D eigenvalue weighted by Crippen LogP contribution is -2.26. The fourth-order valence-corrected chi connectivity index (χ4v) is 3.36. The van der Waals surface area contributed by atoms with Crippen molar-refractivity contribution in [3.63, 3.8) is 0 Å². The number of non-ortho nitro benzene ring substituents is 1. The van der Waals surface area contributed by atoms with Crippen LogP contribution < -0.4 is 5.32 Å². The molecule has 0 bridgehead atoms. The van der Waals surface area contributed by atoms with E-state index in [1.165, 1.54) is 36.4 Å². The zero-order valence-electron chi connectivity index (χ0n) is 14.4. The number of halogens is 2. The van der Waals surface area contributed by atoms with Gasteiger partial charge in [-0.15, -0.1) is 0 Å². The standard InChI is InChI=1S/C20H14ClFN2O4/c21-16-9-13(24(26)27)5-6-14(16)18-7-8-19(28-18)20(25)23-17-10-15(17)11-1-3-12(22)4-2-11/h1-9,15,17H,10H2,(H,23,25)/t15-,17+/m1/s1. The lowest BCUT2D eigenvalue weighted by Gasteiger charge is -2.04. The second-order valence-corrected chi connectivity index (χ2v) is 6.97. The predicted molar refractivity (Wildman–Crippen MR) is 101 cm³/mol. The maximum atomic E-state index is 13.0. The van der Waals surface area contributed by atoms with E-state index in [2.05, 4.69) is 5.32 Å². The molecule has 142 valence electrons. The Morgan fingerprint density at radius 2 is 1.93 bits per heavy atom. The van der Waals surface area contributed by atoms with Crippen LogP contribution in [0.5, 0.6) is 0 Å². The summed E-state index contributed by atoms with van der Waals surface area (Å²) in [6.07, 6.45) is 0.777. The van der Waals surface area contributed by atoms with Gasteiger partial charge in [-0.3, -0.25) is 14.9 Å². The zero-order valence-corrected chi connectivity index (χ0v) is 15.2. The summed E-state index contributed by atoms with van der Waals surface area (Å²) in [5.41, 5.74) is 1.31. The van der Waals surface area contributed by atoms with Crippen molar-refractivity contribution >= 4 is 23.2 Å². The third-order valence-electron chi connectivity index (χ3n) is 4.66. The van der Waals surface area contributed by atoms with E-state index in [0.29, 0.717) is 11.3 Å². The lowest BCUT2D eigenvalue weighted by molar-refractivity contribution is -0.384. The number of hydrogen-bond acceptors (Lipinski definition) is 4. The van der Waals surface area contributed by atoms with Crippen LogP contribution in [-0.2, 0) is 0 Å². The van der Waals surface area contributed by atoms with E-state index in [0.717, 1.165) is 12.0 Å². The highest BCUT2D eigenvalue weighted by atomic mass is 35.5. The first-order chi connectivity index (χ1) is 13.4. The molecule has 1 saturated carbocycles. The van der Waals surface area contributed by atoms with E-state index in [9.17, 15) is 19.3 Å². The van der Waals surface area contributed by atoms with Crippen LogP contribution in [0.4, 0.5) is 10.1 Å². The highest BCUT2D eigenvalue weighted by Crippen LogP contribution is 2.41. The number of nitro benzene ring substituents is 1. The van der Waals surface area contributed by atoms with E-state index in [1.54, 1.807) is 18.2 Å². The van der Waals surface area contributed by atoms with E-state index in [1.807, 2.05) is 0 Å². The van der Waals surface area contributed by atoms with Crippen molar-refractivity contribution < 1.29 is 18.5 Å². The van der Waals surface area contributed by atoms with Gasteiger partial charge in [-0.2, -0.15) is 0 Å². The summed E-state index contributed by atoms with van der Waals surface area (Å²) in [6, 6.07) is 13.4. The van der Waals surface area contributed by atoms with Crippen LogP contribution in [0.1, 0.15) is 28.5 Å². The molecule has 4 rings (SSSR count). The van der Waals surface area contributed by atoms with Crippen LogP contribution in [-0.4, -0.2) is 16.9 Å². The topological polar surface area (TPSA) is 85.4 Å². The van der Waals surface area contributed by atoms with Crippen LogP contribution in [0.3, 0.4) is 0 Å². The average molecular weight is 401 g/mol. The molecule has 3 aromatic rings. The lowest BCUT2D eigenvalue weighted by atomic mass is 10.1. The minimum atomic E-state index is -0.538. The van der Waals surface area contributed by atoms with Crippen molar-refractivity contribution in [2.45, 2.75) is 18.4 Å². The summed E-state index contributed by atoms with van der Waals surface area (Å²) < 4.78 is 18.6. The smallest absolute Gasteiger partial charge is 0.287 e. The molecule has 0 radical (unpaired) electrons. The second kappa shape index (κ2) is 7.09. The average Bonchev–Trinajstić information content (AvgIpc) is 3.25. The number of carbonyl (C=O) groups excluding carboxylic acids is 1. The maximum absolute atomic E-state index is 13.0. The fourth-order valence-electron chi connectivity index (χ4n) is 3.09. The summed E-state index contributed by atoms with van der Waals surface area (Å²) >= 11 is 6.10. The van der Waals surface area contributed by atoms with Crippen molar-refractivity contribution in [3.05, 3.63) is 86.9 Å². The largest absolute Gasteiger partial charge is 0.451 e. The third-order valence-corrected chi connectivity index (χ3v) is 4.98. The van der Waals surface area contributed by atoms with E-state index < -0.39 is 4.92 Å². The van der Waals surface area contributed by atoms with Gasteiger partial charge in [-0.1, -0.05) is 23.7 Å². The number of furan rings is 1. The van der Waals surface area contributed by atoms with Gasteiger partial charge in [0, 0.05) is 29.7 Å². The Morgan fingerprint density at radius 1 is 1.18 bits per heavy atom. The molecular formula is C20H14ClFN2O4. The molecule has 1 amide bonds. The van der Waals surface area contributed by atoms with Gasteiger partial charge in [0.1, 0.15) is 11.6 Å². The van der Waals surface area contributed by atoms with Crippen molar-refractivity contribution in [2.75, 3.05) is 0 Å². The number of carbonyl (C=O) groups is 1. The SMILES string of the molecule is O=C(N[C@H]1C[C@@H]1c1ccc(F)cc1)c1ccc(-c2ccc([N+](=O)[O-])cc2Cl)o1. The normalized spacial score (nSPS) is 17.9. The molecule has 0 spiro atoms. The van der Waals surface area contributed by atoms with Crippen molar-refractivity contribution in [1.29, 1.82) is 0 Å². The molecule has 6 nitrogen and oxygen atoms in total. The van der Waals surface area contributed by atoms with Gasteiger partial charge >= 0.3 is 0 Å². The van der Waals surface area contributed by atoms with E-state index in [-0.39, 0.29) is 40.2 Å². The predicted octanol–water partition coefficient (Wildman–Crippen LogP) is 4.93. The minimum absolute atomic E-state index is 0.0329. The maximum Gasteiger partial charge on any atom is 0.287 e. The van der Waals surface area contributed by atoms with Crippen LogP contribution in [0.2, 0.25) is 5.02 Å². The molecule has 1 aliphatic carbocycles. The first-order valence-electron chi connectivity index (χ1n) is 8.53. The molecule has 1 aliphatic rings. The van der Waals surface area contributed by atoms with Crippen LogP contribution >= 0.6 is 11.6 Å². The second-order valence-electron chi connectivity index (χ2n) is 6.56. The zero-order chi connectivity index (χ0) is 19.8. The molecule has 0 saturated heterocycles. The molecule has 0 aliphatic heterocycles. The fraction of sp³-hybridized carbons (Fsp3) is 0.150. The number of benzene rings is 2. The Bertz CT molecular complexity index is 1060. The van der Waals surface area contributed by atoms with Crippen LogP contribution in [0.15, 0.2) is 59.0 Å². The number of amides is 1. The third kappa shape index (κ3) is 3.61. The number of nitrogens with one attached hydrogen (secondary N) is 1. The molecule has 28 heavy (non-hydrogen) atoms. The summed E-state index contributed by atoms with van der Waals surface area (Å²) in [5.74, 6) is -0.0369. The summed E-state index contributed by atoms with van der Waals surface area (Å²) in [5, 5.41) is 13.8. The van der Waals surface area contributed by atoms with Gasteiger partial charge in [-0.05, 0) is 42.3 Å². The highest BCUT2D eigenvalue weighted by molar-refractivity contribution is 6.33. The first kappa shape index (κ1) is 18.2. The molecule has 1 fully saturated rings. The Morgan fingerprint density at radius 3 is 2.61 bits per heavy atom. The molecule has 1 N–H and O–H groups in total. The highest BCUT2D eigenvalue weighted by Gasteiger charge is 2.40. The van der Waals surface area contributed by atoms with E-state index in [4.69, 9.17) is 16.0 Å². The summed E-state index contributed by atoms with van der Waals surface area (Å²) in [6.45, 7) is 0. The monoisotopic (exact) mass is 400 g/mol. The Hall–Kier alpha value is -3.19. The molecule has 8 heteroatoms. The first-order valence-corrected chi connectivity index (χ1v) is 8.90. The van der Waals surface area contributed by atoms with E-state index >= 15 is 0 Å². The Labute approximate surface area is 164 Å². The number of rotatable bonds is 5. The van der Waals surface area contributed by atoms with Crippen molar-refractivity contribution in [1.82, 2.24) is 5.32 Å². The molecular weight excluding hydrogens is 387 g/mol. The van der Waals surface area contributed by atoms with Crippen LogP contribution in [0, 0.1) is 15.9 Å². The van der Waals surface area contributed by atoms with Crippen molar-refractivity contribution in [2.24, 2.45) is 0 Å². The number of hydrogen-bond donors (Lipinski definition) is 1. The molecule has 1 aromatic heterocycles. The van der Waals surface area contributed by atoms with Gasteiger partial charge in [0.25, 0.3) is 11.6 Å². The molecule has 1 heterocycles. The quantitative estimate of drug-likeness (QED) is 0.486. The van der Waals surface area contributed by atoms with Gasteiger partial charge in [0.2, 0.25) is 0 Å². The summed E-state index contributed by atoms with van der Waals surface area (Å²) in [4.78, 5) is 22.7. The Balaban J connectivity index is 1.44. The molecule has 2 atom stereocenters.